The average Bonchev–Trinajstić information content (AvgIpc) is 2.47. The van der Waals surface area contributed by atoms with Crippen molar-refractivity contribution in [1.82, 2.24) is 9.97 Å². The molecule has 2 aromatic rings. The molecule has 0 aliphatic heterocycles. The first-order valence-electron chi connectivity index (χ1n) is 5.88. The van der Waals surface area contributed by atoms with Crippen LogP contribution in [0.4, 0.5) is 11.5 Å². The van der Waals surface area contributed by atoms with Gasteiger partial charge in [-0.05, 0) is 13.0 Å². The summed E-state index contributed by atoms with van der Waals surface area (Å²) in [6.45, 7) is 0.978. The van der Waals surface area contributed by atoms with Gasteiger partial charge in [-0.2, -0.15) is 0 Å². The molecule has 106 valence electrons. The highest BCUT2D eigenvalue weighted by Crippen LogP contribution is 2.26. The lowest BCUT2D eigenvalue weighted by molar-refractivity contribution is -0.384. The van der Waals surface area contributed by atoms with E-state index in [1.54, 1.807) is 6.92 Å². The third-order valence-electron chi connectivity index (χ3n) is 2.95. The van der Waals surface area contributed by atoms with Crippen LogP contribution in [0.5, 0.6) is 0 Å². The van der Waals surface area contributed by atoms with Gasteiger partial charge in [-0.15, -0.1) is 0 Å². The number of anilines is 1. The number of hydrogen-bond donors (Lipinski definition) is 3. The Morgan fingerprint density at radius 1 is 1.35 bits per heavy atom. The summed E-state index contributed by atoms with van der Waals surface area (Å²) in [5.41, 5.74) is -0.525. The molecule has 8 heteroatoms. The second-order valence-corrected chi connectivity index (χ2v) is 4.68. The van der Waals surface area contributed by atoms with Crippen molar-refractivity contribution in [2.45, 2.75) is 12.5 Å². The van der Waals surface area contributed by atoms with Crippen LogP contribution in [-0.2, 0) is 0 Å². The van der Waals surface area contributed by atoms with Gasteiger partial charge in [0.25, 0.3) is 5.69 Å². The number of nitrogens with one attached hydrogen (secondary N) is 1. The first-order chi connectivity index (χ1) is 9.49. The van der Waals surface area contributed by atoms with Gasteiger partial charge in [0.05, 0.1) is 29.2 Å². The average molecular weight is 278 g/mol. The highest BCUT2D eigenvalue weighted by Gasteiger charge is 2.24. The SMILES string of the molecule is CC(CO)(CO)Nc1ncnc2ccc([N+](=O)[O-])cc12. The minimum atomic E-state index is -0.980. The predicted octanol–water partition coefficient (Wildman–Crippen LogP) is 0.693. The van der Waals surface area contributed by atoms with Gasteiger partial charge in [-0.3, -0.25) is 10.1 Å². The lowest BCUT2D eigenvalue weighted by Crippen LogP contribution is -2.42. The van der Waals surface area contributed by atoms with E-state index in [2.05, 4.69) is 15.3 Å². The van der Waals surface area contributed by atoms with Gasteiger partial charge in [0.15, 0.2) is 0 Å². The zero-order chi connectivity index (χ0) is 14.8. The second-order valence-electron chi connectivity index (χ2n) is 4.68. The zero-order valence-corrected chi connectivity index (χ0v) is 10.8. The quantitative estimate of drug-likeness (QED) is 0.543. The fourth-order valence-electron chi connectivity index (χ4n) is 1.67. The number of fused-ring (bicyclic) bond motifs is 1. The van der Waals surface area contributed by atoms with Gasteiger partial charge >= 0.3 is 0 Å². The summed E-state index contributed by atoms with van der Waals surface area (Å²) in [7, 11) is 0. The molecule has 0 fully saturated rings. The molecule has 8 nitrogen and oxygen atoms in total. The molecule has 0 spiro atoms. The van der Waals surface area contributed by atoms with Gasteiger partial charge in [0, 0.05) is 17.5 Å². The number of rotatable bonds is 5. The molecule has 1 aromatic carbocycles. The standard InChI is InChI=1S/C12H14N4O4/c1-12(5-17,6-18)15-11-9-4-8(16(19)20)2-3-10(9)13-7-14-11/h2-4,7,17-18H,5-6H2,1H3,(H,13,14,15). The van der Waals surface area contributed by atoms with Gasteiger partial charge in [0.1, 0.15) is 12.1 Å². The largest absolute Gasteiger partial charge is 0.394 e. The summed E-state index contributed by atoms with van der Waals surface area (Å²) in [6, 6.07) is 4.23. The third-order valence-corrected chi connectivity index (χ3v) is 2.95. The number of nitrogens with zero attached hydrogens (tertiary/aromatic N) is 3. The predicted molar refractivity (Wildman–Crippen MR) is 72.4 cm³/mol. The number of benzene rings is 1. The Hall–Kier alpha value is -2.32. The molecule has 0 unspecified atom stereocenters. The molecule has 0 atom stereocenters. The maximum atomic E-state index is 10.8. The molecule has 0 saturated heterocycles. The van der Waals surface area contributed by atoms with Gasteiger partial charge < -0.3 is 15.5 Å². The lowest BCUT2D eigenvalue weighted by Gasteiger charge is -2.27. The third kappa shape index (κ3) is 2.65. The molecule has 20 heavy (non-hydrogen) atoms. The highest BCUT2D eigenvalue weighted by molar-refractivity contribution is 5.90. The van der Waals surface area contributed by atoms with Crippen LogP contribution in [0.2, 0.25) is 0 Å². The van der Waals surface area contributed by atoms with Crippen molar-refractivity contribution in [1.29, 1.82) is 0 Å². The Labute approximate surface area is 114 Å². The number of aliphatic hydroxyl groups is 2. The highest BCUT2D eigenvalue weighted by atomic mass is 16.6. The Bertz CT molecular complexity index is 642. The van der Waals surface area contributed by atoms with Crippen molar-refractivity contribution < 1.29 is 15.1 Å². The molecule has 0 amide bonds. The number of non-ortho nitro benzene ring substituents is 1. The van der Waals surface area contributed by atoms with Crippen LogP contribution in [-0.4, -0.2) is 43.9 Å². The van der Waals surface area contributed by atoms with Gasteiger partial charge in [-0.25, -0.2) is 9.97 Å². The molecule has 3 N–H and O–H groups in total. The van der Waals surface area contributed by atoms with Crippen molar-refractivity contribution in [2.75, 3.05) is 18.5 Å². The lowest BCUT2D eigenvalue weighted by atomic mass is 10.1. The minimum Gasteiger partial charge on any atom is -0.394 e. The summed E-state index contributed by atoms with van der Waals surface area (Å²) in [6.07, 6.45) is 1.31. The Kier molecular flexibility index (Phi) is 3.77. The normalized spacial score (nSPS) is 11.6. The first kappa shape index (κ1) is 14.1. The zero-order valence-electron chi connectivity index (χ0n) is 10.8. The monoisotopic (exact) mass is 278 g/mol. The molecule has 0 aliphatic carbocycles. The van der Waals surface area contributed by atoms with E-state index < -0.39 is 10.5 Å². The molecule has 1 aromatic heterocycles. The Morgan fingerprint density at radius 2 is 2.05 bits per heavy atom. The summed E-state index contributed by atoms with van der Waals surface area (Å²) < 4.78 is 0. The van der Waals surface area contributed by atoms with Crippen molar-refractivity contribution in [3.8, 4) is 0 Å². The molecular weight excluding hydrogens is 264 g/mol. The number of nitro groups is 1. The summed E-state index contributed by atoms with van der Waals surface area (Å²) in [5.74, 6) is 0.323. The van der Waals surface area contributed by atoms with Crippen molar-refractivity contribution in [3.05, 3.63) is 34.6 Å². The Balaban J connectivity index is 2.52. The number of aliphatic hydroxyl groups excluding tert-OH is 2. The number of nitro benzene ring substituents is 1. The van der Waals surface area contributed by atoms with E-state index in [9.17, 15) is 20.3 Å². The van der Waals surface area contributed by atoms with Crippen LogP contribution in [0.1, 0.15) is 6.92 Å². The molecule has 0 radical (unpaired) electrons. The summed E-state index contributed by atoms with van der Waals surface area (Å²) in [5, 5.41) is 32.7. The second kappa shape index (κ2) is 5.35. The Morgan fingerprint density at radius 3 is 2.65 bits per heavy atom. The van der Waals surface area contributed by atoms with Gasteiger partial charge in [0.2, 0.25) is 0 Å². The minimum absolute atomic E-state index is 0.0787. The van der Waals surface area contributed by atoms with Gasteiger partial charge in [-0.1, -0.05) is 0 Å². The van der Waals surface area contributed by atoms with Crippen molar-refractivity contribution in [3.63, 3.8) is 0 Å². The first-order valence-corrected chi connectivity index (χ1v) is 5.88. The van der Waals surface area contributed by atoms with Crippen molar-refractivity contribution in [2.24, 2.45) is 0 Å². The van der Waals surface area contributed by atoms with Crippen LogP contribution in [0, 0.1) is 10.1 Å². The van der Waals surface area contributed by atoms with E-state index in [0.29, 0.717) is 16.7 Å². The summed E-state index contributed by atoms with van der Waals surface area (Å²) in [4.78, 5) is 18.4. The molecule has 0 saturated carbocycles. The molecule has 0 aliphatic rings. The maximum absolute atomic E-state index is 10.8. The fraction of sp³-hybridized carbons (Fsp3) is 0.333. The van der Waals surface area contributed by atoms with E-state index in [4.69, 9.17) is 0 Å². The van der Waals surface area contributed by atoms with Crippen molar-refractivity contribution >= 4 is 22.4 Å². The van der Waals surface area contributed by atoms with E-state index in [1.165, 1.54) is 24.5 Å². The van der Waals surface area contributed by atoms with E-state index in [-0.39, 0.29) is 18.9 Å². The van der Waals surface area contributed by atoms with E-state index >= 15 is 0 Å². The van der Waals surface area contributed by atoms with Crippen LogP contribution in [0.25, 0.3) is 10.9 Å². The smallest absolute Gasteiger partial charge is 0.270 e. The van der Waals surface area contributed by atoms with E-state index in [0.717, 1.165) is 0 Å². The van der Waals surface area contributed by atoms with Crippen LogP contribution < -0.4 is 5.32 Å². The topological polar surface area (TPSA) is 121 Å². The number of hydrogen-bond acceptors (Lipinski definition) is 7. The molecule has 2 rings (SSSR count). The van der Waals surface area contributed by atoms with E-state index in [1.807, 2.05) is 0 Å². The van der Waals surface area contributed by atoms with Crippen LogP contribution in [0.3, 0.4) is 0 Å². The fourth-order valence-corrected chi connectivity index (χ4v) is 1.67. The van der Waals surface area contributed by atoms with Crippen LogP contribution in [0.15, 0.2) is 24.5 Å². The maximum Gasteiger partial charge on any atom is 0.270 e. The molecule has 0 bridgehead atoms. The molecule has 1 heterocycles. The summed E-state index contributed by atoms with van der Waals surface area (Å²) >= 11 is 0. The van der Waals surface area contributed by atoms with Crippen LogP contribution >= 0.6 is 0 Å². The number of aromatic nitrogens is 2. The molecular formula is C12H14N4O4.